The fraction of sp³-hybridized carbons (Fsp3) is 0.588. The summed E-state index contributed by atoms with van der Waals surface area (Å²) in [6.07, 6.45) is -0.419. The van der Waals surface area contributed by atoms with Gasteiger partial charge in [0, 0.05) is 5.69 Å². The minimum Gasteiger partial charge on any atom is -0.444 e. The molecule has 0 atom stereocenters. The van der Waals surface area contributed by atoms with Gasteiger partial charge in [0.25, 0.3) is 0 Å². The van der Waals surface area contributed by atoms with Gasteiger partial charge in [-0.3, -0.25) is 5.32 Å². The Morgan fingerprint density at radius 2 is 1.35 bits per heavy atom. The first-order valence-electron chi connectivity index (χ1n) is 7.34. The number of benzene rings is 1. The van der Waals surface area contributed by atoms with Crippen molar-refractivity contribution >= 4 is 11.8 Å². The van der Waals surface area contributed by atoms with Crippen molar-refractivity contribution in [3.63, 3.8) is 0 Å². The van der Waals surface area contributed by atoms with Crippen LogP contribution in [0.2, 0.25) is 0 Å². The number of hydrogen-bond donors (Lipinski definition) is 1. The van der Waals surface area contributed by atoms with E-state index in [4.69, 9.17) is 4.74 Å². The molecule has 0 fully saturated rings. The first-order chi connectivity index (χ1) is 9.26. The fourth-order valence-corrected chi connectivity index (χ4v) is 1.47. The summed E-state index contributed by atoms with van der Waals surface area (Å²) in [5, 5.41) is 2.72. The van der Waals surface area contributed by atoms with E-state index in [-0.39, 0.29) is 0 Å². The lowest BCUT2D eigenvalue weighted by Gasteiger charge is -2.19. The van der Waals surface area contributed by atoms with E-state index in [0.717, 1.165) is 16.8 Å². The molecule has 1 rings (SSSR count). The average Bonchev–Trinajstić information content (AvgIpc) is 2.30. The number of ether oxygens (including phenoxy) is 1. The minimum atomic E-state index is -0.469. The van der Waals surface area contributed by atoms with Gasteiger partial charge in [0.05, 0.1) is 0 Å². The van der Waals surface area contributed by atoms with Crippen molar-refractivity contribution in [3.8, 4) is 0 Å². The van der Waals surface area contributed by atoms with Crippen molar-refractivity contribution < 1.29 is 9.53 Å². The summed E-state index contributed by atoms with van der Waals surface area (Å²) >= 11 is 0. The van der Waals surface area contributed by atoms with Gasteiger partial charge in [-0.1, -0.05) is 33.8 Å². The maximum Gasteiger partial charge on any atom is 0.412 e. The van der Waals surface area contributed by atoms with Crippen LogP contribution in [0.25, 0.3) is 0 Å². The topological polar surface area (TPSA) is 38.3 Å². The van der Waals surface area contributed by atoms with Crippen molar-refractivity contribution in [2.45, 2.75) is 67.9 Å². The summed E-state index contributed by atoms with van der Waals surface area (Å²) in [6.45, 7) is 17.5. The molecule has 0 aromatic heterocycles. The number of rotatable bonds is 1. The van der Waals surface area contributed by atoms with Crippen molar-refractivity contribution in [2.24, 2.45) is 0 Å². The first kappa shape index (κ1) is 20.8. The molecule has 0 aliphatic rings. The number of carbonyl (C=O) groups excluding carboxylic acids is 1. The molecular formula is C17H31NO2. The normalized spacial score (nSPS) is 9.45. The van der Waals surface area contributed by atoms with E-state index in [1.54, 1.807) is 0 Å². The van der Waals surface area contributed by atoms with Crippen molar-refractivity contribution in [1.29, 1.82) is 0 Å². The predicted octanol–water partition coefficient (Wildman–Crippen LogP) is 5.70. The Balaban J connectivity index is 0. The third kappa shape index (κ3) is 10.4. The third-order valence-corrected chi connectivity index (χ3v) is 1.87. The first-order valence-corrected chi connectivity index (χ1v) is 7.34. The van der Waals surface area contributed by atoms with E-state index in [0.29, 0.717) is 0 Å². The summed E-state index contributed by atoms with van der Waals surface area (Å²) < 4.78 is 5.17. The fourth-order valence-electron chi connectivity index (χ4n) is 1.47. The summed E-state index contributed by atoms with van der Waals surface area (Å²) in [5.41, 5.74) is 2.53. The van der Waals surface area contributed by atoms with Crippen LogP contribution in [0.1, 0.15) is 59.6 Å². The molecule has 0 bridgehead atoms. The number of aryl methyl sites for hydroxylation is 2. The second-order valence-electron chi connectivity index (χ2n) is 5.00. The monoisotopic (exact) mass is 281 g/mol. The number of nitrogens with one attached hydrogen (secondary N) is 1. The van der Waals surface area contributed by atoms with Gasteiger partial charge < -0.3 is 4.74 Å². The molecule has 3 heteroatoms. The number of carbonyl (C=O) groups is 1. The van der Waals surface area contributed by atoms with E-state index in [2.05, 4.69) is 11.4 Å². The van der Waals surface area contributed by atoms with E-state index < -0.39 is 11.7 Å². The average molecular weight is 281 g/mol. The van der Waals surface area contributed by atoms with Crippen LogP contribution < -0.4 is 5.32 Å². The van der Waals surface area contributed by atoms with Gasteiger partial charge in [0.1, 0.15) is 5.60 Å². The Labute approximate surface area is 124 Å². The Morgan fingerprint density at radius 3 is 1.70 bits per heavy atom. The molecule has 116 valence electrons. The summed E-state index contributed by atoms with van der Waals surface area (Å²) in [6, 6.07) is 5.88. The number of hydrogen-bond acceptors (Lipinski definition) is 2. The van der Waals surface area contributed by atoms with E-state index >= 15 is 0 Å². The maximum atomic E-state index is 11.5. The molecule has 1 aromatic rings. The van der Waals surface area contributed by atoms with Gasteiger partial charge in [0.2, 0.25) is 0 Å². The highest BCUT2D eigenvalue weighted by atomic mass is 16.6. The van der Waals surface area contributed by atoms with E-state index in [1.807, 2.05) is 74.4 Å². The predicted molar refractivity (Wildman–Crippen MR) is 88.5 cm³/mol. The van der Waals surface area contributed by atoms with Crippen LogP contribution in [-0.4, -0.2) is 11.7 Å². The molecule has 1 amide bonds. The molecule has 0 spiro atoms. The summed E-state index contributed by atoms with van der Waals surface area (Å²) in [5.74, 6) is 0. The highest BCUT2D eigenvalue weighted by Gasteiger charge is 2.16. The second-order valence-corrected chi connectivity index (χ2v) is 5.00. The summed E-state index contributed by atoms with van der Waals surface area (Å²) in [4.78, 5) is 11.5. The Hall–Kier alpha value is -1.51. The van der Waals surface area contributed by atoms with Crippen molar-refractivity contribution in [1.82, 2.24) is 0 Å². The van der Waals surface area contributed by atoms with Crippen LogP contribution >= 0.6 is 0 Å². The van der Waals surface area contributed by atoms with E-state index in [1.165, 1.54) is 0 Å². The van der Waals surface area contributed by atoms with Gasteiger partial charge in [-0.05, 0) is 57.9 Å². The number of amides is 1. The molecule has 0 saturated carbocycles. The highest BCUT2D eigenvalue weighted by Crippen LogP contribution is 2.15. The Kier molecular flexibility index (Phi) is 10.7. The molecule has 0 heterocycles. The largest absolute Gasteiger partial charge is 0.444 e. The zero-order valence-corrected chi connectivity index (χ0v) is 14.5. The lowest BCUT2D eigenvalue weighted by molar-refractivity contribution is 0.0636. The molecule has 20 heavy (non-hydrogen) atoms. The third-order valence-electron chi connectivity index (χ3n) is 1.87. The van der Waals surface area contributed by atoms with Gasteiger partial charge >= 0.3 is 6.09 Å². The van der Waals surface area contributed by atoms with Crippen LogP contribution in [0.15, 0.2) is 18.2 Å². The van der Waals surface area contributed by atoms with E-state index in [9.17, 15) is 4.79 Å². The van der Waals surface area contributed by atoms with Crippen molar-refractivity contribution in [3.05, 3.63) is 29.3 Å². The summed E-state index contributed by atoms with van der Waals surface area (Å²) in [7, 11) is 0. The zero-order chi connectivity index (χ0) is 16.3. The molecular weight excluding hydrogens is 250 g/mol. The molecule has 0 unspecified atom stereocenters. The van der Waals surface area contributed by atoms with Gasteiger partial charge in [-0.15, -0.1) is 0 Å². The zero-order valence-electron chi connectivity index (χ0n) is 14.5. The molecule has 3 nitrogen and oxygen atoms in total. The molecule has 0 saturated heterocycles. The number of anilines is 1. The van der Waals surface area contributed by atoms with Crippen molar-refractivity contribution in [2.75, 3.05) is 5.32 Å². The maximum absolute atomic E-state index is 11.5. The van der Waals surface area contributed by atoms with Gasteiger partial charge in [-0.2, -0.15) is 0 Å². The SMILES string of the molecule is CC.CC.Cc1cc(C)cc(NC(=O)OC(C)(C)C)c1. The van der Waals surface area contributed by atoms with Gasteiger partial charge in [0.15, 0.2) is 0 Å². The lowest BCUT2D eigenvalue weighted by atomic mass is 10.1. The van der Waals surface area contributed by atoms with Crippen LogP contribution in [0.4, 0.5) is 10.5 Å². The molecule has 0 aliphatic heterocycles. The standard InChI is InChI=1S/C13H19NO2.2C2H6/c1-9-6-10(2)8-11(7-9)14-12(15)16-13(3,4)5;2*1-2/h6-8H,1-5H3,(H,14,15);2*1-2H3. The minimum absolute atomic E-state index is 0.419. The lowest BCUT2D eigenvalue weighted by Crippen LogP contribution is -2.27. The molecule has 1 N–H and O–H groups in total. The Morgan fingerprint density at radius 1 is 0.950 bits per heavy atom. The van der Waals surface area contributed by atoms with Crippen LogP contribution in [0.3, 0.4) is 0 Å². The van der Waals surface area contributed by atoms with Crippen LogP contribution in [-0.2, 0) is 4.74 Å². The quantitative estimate of drug-likeness (QED) is 0.716. The molecule has 1 aromatic carbocycles. The molecule has 0 aliphatic carbocycles. The highest BCUT2D eigenvalue weighted by molar-refractivity contribution is 5.85. The second kappa shape index (κ2) is 10.3. The Bertz CT molecular complexity index is 372. The smallest absolute Gasteiger partial charge is 0.412 e. The molecule has 0 radical (unpaired) electrons. The van der Waals surface area contributed by atoms with Crippen LogP contribution in [0, 0.1) is 13.8 Å². The van der Waals surface area contributed by atoms with Crippen LogP contribution in [0.5, 0.6) is 0 Å². The van der Waals surface area contributed by atoms with Gasteiger partial charge in [-0.25, -0.2) is 4.79 Å².